The van der Waals surface area contributed by atoms with Crippen molar-refractivity contribution in [3.05, 3.63) is 29.3 Å². The zero-order chi connectivity index (χ0) is 18.7. The van der Waals surface area contributed by atoms with Crippen LogP contribution >= 0.6 is 0 Å². The summed E-state index contributed by atoms with van der Waals surface area (Å²) in [7, 11) is 0. The van der Waals surface area contributed by atoms with E-state index in [0.717, 1.165) is 19.5 Å². The highest BCUT2D eigenvalue weighted by atomic mass is 16.6. The molecule has 0 saturated heterocycles. The molecule has 0 fully saturated rings. The van der Waals surface area contributed by atoms with E-state index in [2.05, 4.69) is 49.6 Å². The summed E-state index contributed by atoms with van der Waals surface area (Å²) in [5.74, 6) is 0. The Morgan fingerprint density at radius 2 is 1.88 bits per heavy atom. The largest absolute Gasteiger partial charge is 0.444 e. The van der Waals surface area contributed by atoms with Gasteiger partial charge in [-0.3, -0.25) is 0 Å². The first-order valence-corrected chi connectivity index (χ1v) is 9.13. The average molecular weight is 348 g/mol. The molecule has 1 aromatic rings. The number of carbonyl (C=O) groups excluding carboxylic acids is 1. The Labute approximate surface area is 152 Å². The minimum Gasteiger partial charge on any atom is -0.444 e. The summed E-state index contributed by atoms with van der Waals surface area (Å²) in [6.45, 7) is 15.3. The number of rotatable bonds is 4. The van der Waals surface area contributed by atoms with Gasteiger partial charge in [-0.15, -0.1) is 0 Å². The second-order valence-corrected chi connectivity index (χ2v) is 8.70. The van der Waals surface area contributed by atoms with Gasteiger partial charge in [-0.1, -0.05) is 12.1 Å². The van der Waals surface area contributed by atoms with Gasteiger partial charge in [0.1, 0.15) is 5.60 Å². The zero-order valence-electron chi connectivity index (χ0n) is 16.5. The van der Waals surface area contributed by atoms with E-state index < -0.39 is 5.60 Å². The van der Waals surface area contributed by atoms with E-state index >= 15 is 0 Å². The number of anilines is 1. The smallest absolute Gasteiger partial charge is 0.410 e. The van der Waals surface area contributed by atoms with Crippen molar-refractivity contribution >= 4 is 11.8 Å². The van der Waals surface area contributed by atoms with Crippen LogP contribution in [0, 0.1) is 0 Å². The molecule has 0 aliphatic carbocycles. The molecule has 1 aromatic carbocycles. The maximum absolute atomic E-state index is 12.3. The molecule has 2 rings (SSSR count). The Bertz CT molecular complexity index is 600. The fourth-order valence-electron chi connectivity index (χ4n) is 2.89. The van der Waals surface area contributed by atoms with Crippen molar-refractivity contribution in [1.29, 1.82) is 0 Å². The number of hydrogen-bond acceptors (Lipinski definition) is 4. The molecule has 0 spiro atoms. The first kappa shape index (κ1) is 19.6. The van der Waals surface area contributed by atoms with Crippen molar-refractivity contribution in [1.82, 2.24) is 10.2 Å². The second kappa shape index (κ2) is 7.65. The van der Waals surface area contributed by atoms with Crippen molar-refractivity contribution in [3.8, 4) is 0 Å². The van der Waals surface area contributed by atoms with Gasteiger partial charge in [-0.25, -0.2) is 4.79 Å². The third-order valence-electron chi connectivity index (χ3n) is 4.01. The van der Waals surface area contributed by atoms with Crippen LogP contribution in [0.4, 0.5) is 10.5 Å². The number of carbonyl (C=O) groups is 1. The third kappa shape index (κ3) is 6.24. The Morgan fingerprint density at radius 3 is 2.52 bits per heavy atom. The molecule has 1 amide bonds. The van der Waals surface area contributed by atoms with Crippen LogP contribution in [0.5, 0.6) is 0 Å². The Balaban J connectivity index is 1.96. The van der Waals surface area contributed by atoms with E-state index in [0.29, 0.717) is 13.1 Å². The molecule has 140 valence electrons. The maximum Gasteiger partial charge on any atom is 0.410 e. The molecule has 0 saturated carbocycles. The zero-order valence-corrected chi connectivity index (χ0v) is 16.5. The fraction of sp³-hybridized carbons (Fsp3) is 0.650. The molecule has 0 radical (unpaired) electrons. The number of amides is 1. The molecule has 0 unspecified atom stereocenters. The van der Waals surface area contributed by atoms with Crippen LogP contribution < -0.4 is 10.6 Å². The fourth-order valence-corrected chi connectivity index (χ4v) is 2.89. The van der Waals surface area contributed by atoms with Crippen molar-refractivity contribution in [2.75, 3.05) is 25.0 Å². The van der Waals surface area contributed by atoms with Crippen LogP contribution in [0.3, 0.4) is 0 Å². The van der Waals surface area contributed by atoms with Gasteiger partial charge in [-0.05, 0) is 65.2 Å². The van der Waals surface area contributed by atoms with Crippen LogP contribution in [0.15, 0.2) is 18.2 Å². The van der Waals surface area contributed by atoms with Crippen molar-refractivity contribution < 1.29 is 9.53 Å². The summed E-state index contributed by atoms with van der Waals surface area (Å²) in [5.41, 5.74) is 3.37. The lowest BCUT2D eigenvalue weighted by molar-refractivity contribution is 0.0224. The van der Waals surface area contributed by atoms with Crippen molar-refractivity contribution in [2.24, 2.45) is 0 Å². The summed E-state index contributed by atoms with van der Waals surface area (Å²) in [6, 6.07) is 6.28. The van der Waals surface area contributed by atoms with E-state index in [1.54, 1.807) is 4.90 Å². The summed E-state index contributed by atoms with van der Waals surface area (Å²) >= 11 is 0. The Hall–Kier alpha value is -1.75. The lowest BCUT2D eigenvalue weighted by atomic mass is 9.98. The topological polar surface area (TPSA) is 53.6 Å². The van der Waals surface area contributed by atoms with Gasteiger partial charge in [0.2, 0.25) is 0 Å². The number of nitrogens with zero attached hydrogens (tertiary/aromatic N) is 1. The van der Waals surface area contributed by atoms with Crippen molar-refractivity contribution in [3.63, 3.8) is 0 Å². The minimum atomic E-state index is -0.458. The molecular formula is C20H33N3O2. The molecule has 1 aliphatic rings. The lowest BCUT2D eigenvalue weighted by Gasteiger charge is -2.32. The van der Waals surface area contributed by atoms with Crippen LogP contribution in [-0.2, 0) is 17.7 Å². The van der Waals surface area contributed by atoms with E-state index in [1.807, 2.05) is 20.8 Å². The molecule has 0 aromatic heterocycles. The average Bonchev–Trinajstić information content (AvgIpc) is 2.48. The van der Waals surface area contributed by atoms with Crippen LogP contribution in [0.2, 0.25) is 0 Å². The molecule has 0 atom stereocenters. The molecular weight excluding hydrogens is 314 g/mol. The van der Waals surface area contributed by atoms with Crippen LogP contribution in [0.1, 0.15) is 52.7 Å². The van der Waals surface area contributed by atoms with Gasteiger partial charge < -0.3 is 20.3 Å². The molecule has 25 heavy (non-hydrogen) atoms. The Kier molecular flexibility index (Phi) is 5.99. The van der Waals surface area contributed by atoms with Gasteiger partial charge in [-0.2, -0.15) is 0 Å². The third-order valence-corrected chi connectivity index (χ3v) is 4.01. The highest BCUT2D eigenvalue weighted by Crippen LogP contribution is 2.27. The second-order valence-electron chi connectivity index (χ2n) is 8.70. The van der Waals surface area contributed by atoms with Crippen LogP contribution in [0.25, 0.3) is 0 Å². The first-order chi connectivity index (χ1) is 11.6. The predicted octanol–water partition coefficient (Wildman–Crippen LogP) is 3.78. The SMILES string of the molecule is CC(C)(C)NCCNc1cccc2c1CCN(C(=O)OC(C)(C)C)C2. The molecule has 5 heteroatoms. The summed E-state index contributed by atoms with van der Waals surface area (Å²) in [6.07, 6.45) is 0.621. The standard InChI is InChI=1S/C20H33N3O2/c1-19(2,3)22-12-11-21-17-9-7-8-15-14-23(13-10-16(15)17)18(24)25-20(4,5)6/h7-9,21-22H,10-14H2,1-6H3. The van der Waals surface area contributed by atoms with E-state index in [4.69, 9.17) is 4.74 Å². The summed E-state index contributed by atoms with van der Waals surface area (Å²) < 4.78 is 5.50. The highest BCUT2D eigenvalue weighted by Gasteiger charge is 2.26. The highest BCUT2D eigenvalue weighted by molar-refractivity contribution is 5.69. The van der Waals surface area contributed by atoms with Gasteiger partial charge >= 0.3 is 6.09 Å². The molecule has 1 heterocycles. The molecule has 0 bridgehead atoms. The molecule has 5 nitrogen and oxygen atoms in total. The first-order valence-electron chi connectivity index (χ1n) is 9.13. The molecule has 2 N–H and O–H groups in total. The summed E-state index contributed by atoms with van der Waals surface area (Å²) in [4.78, 5) is 14.1. The number of nitrogens with one attached hydrogen (secondary N) is 2. The molecule has 1 aliphatic heterocycles. The van der Waals surface area contributed by atoms with Gasteiger partial charge in [0, 0.05) is 37.4 Å². The summed E-state index contributed by atoms with van der Waals surface area (Å²) in [5, 5.41) is 7.01. The number of fused-ring (bicyclic) bond motifs is 1. The van der Waals surface area contributed by atoms with Gasteiger partial charge in [0.05, 0.1) is 0 Å². The predicted molar refractivity (Wildman–Crippen MR) is 103 cm³/mol. The van der Waals surface area contributed by atoms with E-state index in [1.165, 1.54) is 16.8 Å². The Morgan fingerprint density at radius 1 is 1.16 bits per heavy atom. The lowest BCUT2D eigenvalue weighted by Crippen LogP contribution is -2.40. The van der Waals surface area contributed by atoms with Gasteiger partial charge in [0.25, 0.3) is 0 Å². The minimum absolute atomic E-state index is 0.131. The number of ether oxygens (including phenoxy) is 1. The maximum atomic E-state index is 12.3. The monoisotopic (exact) mass is 347 g/mol. The van der Waals surface area contributed by atoms with E-state index in [-0.39, 0.29) is 11.6 Å². The number of benzene rings is 1. The van der Waals surface area contributed by atoms with Gasteiger partial charge in [0.15, 0.2) is 0 Å². The normalized spacial score (nSPS) is 14.9. The number of hydrogen-bond donors (Lipinski definition) is 2. The van der Waals surface area contributed by atoms with Crippen molar-refractivity contribution in [2.45, 2.75) is 65.6 Å². The van der Waals surface area contributed by atoms with E-state index in [9.17, 15) is 4.79 Å². The quantitative estimate of drug-likeness (QED) is 0.814. The van der Waals surface area contributed by atoms with Crippen LogP contribution in [-0.4, -0.2) is 41.8 Å².